The van der Waals surface area contributed by atoms with Crippen LogP contribution in [0, 0.1) is 18.3 Å². The number of rotatable bonds is 5. The zero-order valence-corrected chi connectivity index (χ0v) is 19.6. The van der Waals surface area contributed by atoms with E-state index in [1.807, 2.05) is 37.3 Å². The van der Waals surface area contributed by atoms with Crippen LogP contribution in [-0.4, -0.2) is 19.3 Å². The summed E-state index contributed by atoms with van der Waals surface area (Å²) in [5.41, 5.74) is 1.21. The summed E-state index contributed by atoms with van der Waals surface area (Å²) in [6.07, 6.45) is 2.27. The Balaban J connectivity index is 1.89. The molecule has 0 spiro atoms. The van der Waals surface area contributed by atoms with Crippen LogP contribution in [0.25, 0.3) is 0 Å². The van der Waals surface area contributed by atoms with Gasteiger partial charge in [-0.1, -0.05) is 56.7 Å². The van der Waals surface area contributed by atoms with Crippen molar-refractivity contribution >= 4 is 21.9 Å². The molecular formula is C24H32O3S2. The number of hydrogen-bond donors (Lipinski definition) is 0. The first kappa shape index (κ1) is 22.4. The van der Waals surface area contributed by atoms with Crippen molar-refractivity contribution < 1.29 is 12.6 Å². The molecule has 2 aromatic rings. The van der Waals surface area contributed by atoms with E-state index in [1.165, 1.54) is 0 Å². The first-order valence-electron chi connectivity index (χ1n) is 10.2. The van der Waals surface area contributed by atoms with E-state index < -0.39 is 10.1 Å². The van der Waals surface area contributed by atoms with Gasteiger partial charge in [-0.15, -0.1) is 11.8 Å². The minimum Gasteiger partial charge on any atom is -0.262 e. The summed E-state index contributed by atoms with van der Waals surface area (Å²) < 4.78 is 31.6. The Bertz CT molecular complexity index is 915. The molecule has 3 atom stereocenters. The molecule has 0 unspecified atom stereocenters. The van der Waals surface area contributed by atoms with Gasteiger partial charge in [0.25, 0.3) is 10.1 Å². The second-order valence-corrected chi connectivity index (χ2v) is 12.6. The van der Waals surface area contributed by atoms with E-state index in [1.54, 1.807) is 23.9 Å². The largest absolute Gasteiger partial charge is 0.297 e. The van der Waals surface area contributed by atoms with E-state index in [0.717, 1.165) is 29.7 Å². The lowest BCUT2D eigenvalue weighted by Gasteiger charge is -2.47. The molecule has 3 nitrogen and oxygen atoms in total. The van der Waals surface area contributed by atoms with Crippen LogP contribution in [0.2, 0.25) is 0 Å². The van der Waals surface area contributed by atoms with Crippen LogP contribution in [0.5, 0.6) is 0 Å². The fourth-order valence-electron chi connectivity index (χ4n) is 4.05. The molecule has 1 fully saturated rings. The number of hydrogen-bond acceptors (Lipinski definition) is 4. The molecule has 0 N–H and O–H groups in total. The molecule has 0 heterocycles. The predicted molar refractivity (Wildman–Crippen MR) is 121 cm³/mol. The summed E-state index contributed by atoms with van der Waals surface area (Å²) in [7, 11) is -3.81. The van der Waals surface area contributed by atoms with E-state index in [2.05, 4.69) is 39.8 Å². The Morgan fingerprint density at radius 1 is 1.00 bits per heavy atom. The molecule has 0 saturated heterocycles. The van der Waals surface area contributed by atoms with Crippen molar-refractivity contribution in [1.82, 2.24) is 0 Å². The van der Waals surface area contributed by atoms with Crippen LogP contribution in [0.15, 0.2) is 64.4 Å². The lowest BCUT2D eigenvalue weighted by Crippen LogP contribution is -2.47. The number of aryl methyl sites for hydroxylation is 1. The molecule has 1 aliphatic carbocycles. The van der Waals surface area contributed by atoms with Gasteiger partial charge in [0.2, 0.25) is 0 Å². The second kappa shape index (κ2) is 8.44. The molecule has 0 aliphatic heterocycles. The van der Waals surface area contributed by atoms with Crippen LogP contribution < -0.4 is 0 Å². The van der Waals surface area contributed by atoms with Gasteiger partial charge in [0.05, 0.1) is 11.0 Å². The molecule has 158 valence electrons. The Kier molecular flexibility index (Phi) is 6.52. The van der Waals surface area contributed by atoms with Crippen LogP contribution in [0.4, 0.5) is 0 Å². The molecule has 5 heteroatoms. The molecule has 2 aromatic carbocycles. The fraction of sp³-hybridized carbons (Fsp3) is 0.500. The minimum absolute atomic E-state index is 0.180. The maximum atomic E-state index is 13.0. The van der Waals surface area contributed by atoms with Crippen molar-refractivity contribution in [2.75, 3.05) is 0 Å². The van der Waals surface area contributed by atoms with Crippen LogP contribution in [0.1, 0.15) is 52.5 Å². The van der Waals surface area contributed by atoms with Gasteiger partial charge in [-0.25, -0.2) is 0 Å². The average molecular weight is 433 g/mol. The van der Waals surface area contributed by atoms with Gasteiger partial charge in [0.1, 0.15) is 0 Å². The van der Waals surface area contributed by atoms with Gasteiger partial charge in [0, 0.05) is 9.64 Å². The standard InChI is InChI=1S/C24H32O3S2/c1-18-11-14-21(15-12-18)29(25,26)27-22-16-13-19(23(2,3)4)17-24(22,5)28-20-9-7-6-8-10-20/h6-12,14-15,19,22H,13,16-17H2,1-5H3/t19-,22+,24-/m0/s1. The van der Waals surface area contributed by atoms with Crippen molar-refractivity contribution in [3.05, 3.63) is 60.2 Å². The highest BCUT2D eigenvalue weighted by molar-refractivity contribution is 8.00. The summed E-state index contributed by atoms with van der Waals surface area (Å²) >= 11 is 1.74. The molecular weight excluding hydrogens is 400 g/mol. The summed E-state index contributed by atoms with van der Waals surface area (Å²) in [4.78, 5) is 1.37. The summed E-state index contributed by atoms with van der Waals surface area (Å²) in [6.45, 7) is 10.9. The topological polar surface area (TPSA) is 43.4 Å². The zero-order valence-electron chi connectivity index (χ0n) is 18.0. The smallest absolute Gasteiger partial charge is 0.262 e. The molecule has 0 bridgehead atoms. The first-order valence-corrected chi connectivity index (χ1v) is 12.5. The molecule has 0 aromatic heterocycles. The Morgan fingerprint density at radius 3 is 2.21 bits per heavy atom. The molecule has 0 radical (unpaired) electrons. The van der Waals surface area contributed by atoms with Crippen LogP contribution in [0.3, 0.4) is 0 Å². The highest BCUT2D eigenvalue weighted by atomic mass is 32.2. The number of thioether (sulfide) groups is 1. The van der Waals surface area contributed by atoms with Crippen LogP contribution in [-0.2, 0) is 14.3 Å². The van der Waals surface area contributed by atoms with Crippen molar-refractivity contribution in [2.45, 2.75) is 74.5 Å². The van der Waals surface area contributed by atoms with Crippen molar-refractivity contribution in [3.63, 3.8) is 0 Å². The monoisotopic (exact) mass is 432 g/mol. The molecule has 0 amide bonds. The Morgan fingerprint density at radius 2 is 1.62 bits per heavy atom. The molecule has 1 saturated carbocycles. The van der Waals surface area contributed by atoms with Gasteiger partial charge >= 0.3 is 0 Å². The first-order chi connectivity index (χ1) is 13.5. The molecule has 3 rings (SSSR count). The maximum absolute atomic E-state index is 13.0. The van der Waals surface area contributed by atoms with E-state index in [0.29, 0.717) is 5.92 Å². The highest BCUT2D eigenvalue weighted by Crippen LogP contribution is 2.51. The third kappa shape index (κ3) is 5.44. The fourth-order valence-corrected chi connectivity index (χ4v) is 6.72. The van der Waals surface area contributed by atoms with Gasteiger partial charge in [-0.2, -0.15) is 8.42 Å². The minimum atomic E-state index is -3.81. The van der Waals surface area contributed by atoms with Crippen molar-refractivity contribution in [2.24, 2.45) is 11.3 Å². The zero-order chi connectivity index (χ0) is 21.3. The summed E-state index contributed by atoms with van der Waals surface area (Å²) in [6, 6.07) is 17.1. The summed E-state index contributed by atoms with van der Waals surface area (Å²) in [5, 5.41) is 0. The lowest BCUT2D eigenvalue weighted by molar-refractivity contribution is 0.0644. The SMILES string of the molecule is Cc1ccc(S(=O)(=O)O[C@@H]2CC[C@H](C(C)(C)C)C[C@]2(C)Sc2ccccc2)cc1. The van der Waals surface area contributed by atoms with Gasteiger partial charge in [-0.05, 0) is 68.7 Å². The molecule has 1 aliphatic rings. The van der Waals surface area contributed by atoms with Gasteiger partial charge < -0.3 is 0 Å². The van der Waals surface area contributed by atoms with E-state index in [-0.39, 0.29) is 21.2 Å². The average Bonchev–Trinajstić information content (AvgIpc) is 2.63. The third-order valence-electron chi connectivity index (χ3n) is 5.98. The van der Waals surface area contributed by atoms with E-state index in [4.69, 9.17) is 4.18 Å². The highest BCUT2D eigenvalue weighted by Gasteiger charge is 2.47. The van der Waals surface area contributed by atoms with E-state index in [9.17, 15) is 8.42 Å². The maximum Gasteiger partial charge on any atom is 0.297 e. The van der Waals surface area contributed by atoms with E-state index >= 15 is 0 Å². The van der Waals surface area contributed by atoms with Crippen molar-refractivity contribution in [3.8, 4) is 0 Å². The Hall–Kier alpha value is -1.30. The second-order valence-electron chi connectivity index (χ2n) is 9.42. The summed E-state index contributed by atoms with van der Waals surface area (Å²) in [5.74, 6) is 0.519. The lowest BCUT2D eigenvalue weighted by atomic mass is 9.68. The number of benzene rings is 2. The Labute approximate surface area is 180 Å². The predicted octanol–water partition coefficient (Wildman–Crippen LogP) is 6.47. The van der Waals surface area contributed by atoms with Crippen LogP contribution >= 0.6 is 11.8 Å². The quantitative estimate of drug-likeness (QED) is 0.508. The van der Waals surface area contributed by atoms with Gasteiger partial charge in [0.15, 0.2) is 0 Å². The van der Waals surface area contributed by atoms with Crippen molar-refractivity contribution in [1.29, 1.82) is 0 Å². The molecule has 29 heavy (non-hydrogen) atoms. The third-order valence-corrected chi connectivity index (χ3v) is 8.72. The normalized spacial score (nSPS) is 25.7. The van der Waals surface area contributed by atoms with Gasteiger partial charge in [-0.3, -0.25) is 4.18 Å².